The van der Waals surface area contributed by atoms with Crippen molar-refractivity contribution < 1.29 is 23.4 Å². The largest absolute Gasteiger partial charge is 0.390 e. The summed E-state index contributed by atoms with van der Waals surface area (Å²) in [4.78, 5) is 16.0. The molecule has 1 aromatic heterocycles. The number of hydrogen-bond acceptors (Lipinski definition) is 4. The van der Waals surface area contributed by atoms with Gasteiger partial charge in [-0.2, -0.15) is 0 Å². The van der Waals surface area contributed by atoms with Crippen LogP contribution in [0.3, 0.4) is 0 Å². The number of halogens is 2. The number of hydrogen-bond donors (Lipinski definition) is 4. The number of nitrogens with one attached hydrogen (secondary N) is 3. The van der Waals surface area contributed by atoms with Gasteiger partial charge in [0, 0.05) is 36.8 Å². The van der Waals surface area contributed by atoms with Gasteiger partial charge in [0.2, 0.25) is 5.91 Å². The zero-order valence-corrected chi connectivity index (χ0v) is 23.3. The molecule has 3 aromatic carbocycles. The molecule has 0 unspecified atom stereocenters. The number of carbonyl (C=O) groups is 1. The van der Waals surface area contributed by atoms with E-state index in [1.54, 1.807) is 0 Å². The molecule has 0 saturated carbocycles. The molecule has 2 aliphatic rings. The summed E-state index contributed by atoms with van der Waals surface area (Å²) in [5.41, 5.74) is 5.89. The third kappa shape index (κ3) is 6.46. The van der Waals surface area contributed by atoms with Crippen LogP contribution in [0.5, 0.6) is 0 Å². The standard InChI is InChI=1S/C34H35F2N3O3/c35-25-13-21(14-26(36)18-25)15-31-32(40)20-38-30-19-33(42-12-4-2-1-3-5-34(41)39-31)27-8-6-23(17-28(27)30)22-7-9-29-24(16-22)10-11-37-29/h2,4,6-11,13-14,16-18,30-33,37-38,40H,1,3,5,12,15,19-20H2,(H,39,41)/b4-2+/t30-,31-,32+,33+/m0/s1. The van der Waals surface area contributed by atoms with E-state index < -0.39 is 23.8 Å². The molecule has 0 radical (unpaired) electrons. The van der Waals surface area contributed by atoms with Gasteiger partial charge in [0.1, 0.15) is 11.6 Å². The maximum absolute atomic E-state index is 13.9. The first-order valence-electron chi connectivity index (χ1n) is 14.6. The molecule has 0 fully saturated rings. The summed E-state index contributed by atoms with van der Waals surface area (Å²) in [6.45, 7) is 0.656. The lowest BCUT2D eigenvalue weighted by molar-refractivity contribution is -0.122. The summed E-state index contributed by atoms with van der Waals surface area (Å²) in [6, 6.07) is 17.3. The van der Waals surface area contributed by atoms with E-state index in [0.717, 1.165) is 45.6 Å². The number of aromatic nitrogens is 1. The zero-order valence-electron chi connectivity index (χ0n) is 23.3. The molecular formula is C34H35F2N3O3. The first-order valence-corrected chi connectivity index (χ1v) is 14.6. The number of ether oxygens (including phenoxy) is 1. The third-order valence-corrected chi connectivity index (χ3v) is 8.24. The second-order valence-electron chi connectivity index (χ2n) is 11.2. The molecule has 2 bridgehead atoms. The summed E-state index contributed by atoms with van der Waals surface area (Å²) >= 11 is 0. The van der Waals surface area contributed by atoms with Gasteiger partial charge in [-0.05, 0) is 95.3 Å². The van der Waals surface area contributed by atoms with Crippen molar-refractivity contribution in [3.63, 3.8) is 0 Å². The van der Waals surface area contributed by atoms with Crippen molar-refractivity contribution in [2.45, 2.75) is 56.4 Å². The van der Waals surface area contributed by atoms with Crippen molar-refractivity contribution in [2.24, 2.45) is 0 Å². The van der Waals surface area contributed by atoms with Gasteiger partial charge in [-0.25, -0.2) is 8.78 Å². The summed E-state index contributed by atoms with van der Waals surface area (Å²) in [6.07, 6.45) is 7.30. The lowest BCUT2D eigenvalue weighted by Gasteiger charge is -2.26. The molecule has 0 saturated heterocycles. The van der Waals surface area contributed by atoms with Crippen molar-refractivity contribution in [1.29, 1.82) is 0 Å². The molecule has 6 nitrogen and oxygen atoms in total. The van der Waals surface area contributed by atoms with Crippen LogP contribution in [0.2, 0.25) is 0 Å². The maximum atomic E-state index is 13.9. The van der Waals surface area contributed by atoms with E-state index in [2.05, 4.69) is 58.1 Å². The van der Waals surface area contributed by atoms with Crippen molar-refractivity contribution in [1.82, 2.24) is 15.6 Å². The fraction of sp³-hybridized carbons (Fsp3) is 0.324. The lowest BCUT2D eigenvalue weighted by Crippen LogP contribution is -2.49. The van der Waals surface area contributed by atoms with Gasteiger partial charge in [0.25, 0.3) is 0 Å². The third-order valence-electron chi connectivity index (χ3n) is 8.24. The van der Waals surface area contributed by atoms with Gasteiger partial charge < -0.3 is 25.5 Å². The number of aliphatic hydroxyl groups is 1. The second-order valence-corrected chi connectivity index (χ2v) is 11.2. The first-order chi connectivity index (χ1) is 20.4. The van der Waals surface area contributed by atoms with Crippen LogP contribution < -0.4 is 10.6 Å². The van der Waals surface area contributed by atoms with E-state index in [-0.39, 0.29) is 37.4 Å². The highest BCUT2D eigenvalue weighted by Gasteiger charge is 2.33. The quantitative estimate of drug-likeness (QED) is 0.226. The Labute approximate surface area is 243 Å². The number of H-pyrrole nitrogens is 1. The Hall–Kier alpha value is -3.85. The van der Waals surface area contributed by atoms with Crippen molar-refractivity contribution in [3.8, 4) is 11.1 Å². The number of benzene rings is 3. The molecule has 4 N–H and O–H groups in total. The fourth-order valence-corrected chi connectivity index (χ4v) is 6.09. The van der Waals surface area contributed by atoms with E-state index in [4.69, 9.17) is 4.74 Å². The van der Waals surface area contributed by atoms with Crippen LogP contribution in [-0.4, -0.2) is 41.3 Å². The van der Waals surface area contributed by atoms with Gasteiger partial charge in [-0.15, -0.1) is 0 Å². The Morgan fingerprint density at radius 1 is 0.929 bits per heavy atom. The highest BCUT2D eigenvalue weighted by molar-refractivity contribution is 5.85. The molecular weight excluding hydrogens is 536 g/mol. The van der Waals surface area contributed by atoms with Crippen LogP contribution in [0.1, 0.15) is 54.5 Å². The number of aliphatic hydroxyl groups excluding tert-OH is 1. The molecule has 4 aromatic rings. The number of aromatic amines is 1. The van der Waals surface area contributed by atoms with E-state index in [1.807, 2.05) is 18.3 Å². The highest BCUT2D eigenvalue weighted by Crippen LogP contribution is 2.43. The summed E-state index contributed by atoms with van der Waals surface area (Å²) in [5.74, 6) is -1.59. The Morgan fingerprint density at radius 2 is 1.74 bits per heavy atom. The summed E-state index contributed by atoms with van der Waals surface area (Å²) in [7, 11) is 0. The Bertz CT molecular complexity index is 1580. The predicted octanol–water partition coefficient (Wildman–Crippen LogP) is 6.03. The fourth-order valence-electron chi connectivity index (χ4n) is 6.09. The Kier molecular flexibility index (Phi) is 8.46. The predicted molar refractivity (Wildman–Crippen MR) is 159 cm³/mol. The van der Waals surface area contributed by atoms with E-state index in [9.17, 15) is 18.7 Å². The van der Waals surface area contributed by atoms with Crippen LogP contribution in [0.25, 0.3) is 22.0 Å². The van der Waals surface area contributed by atoms with Crippen LogP contribution >= 0.6 is 0 Å². The number of carbonyl (C=O) groups excluding carboxylic acids is 1. The summed E-state index contributed by atoms with van der Waals surface area (Å²) < 4.78 is 34.1. The average molecular weight is 572 g/mol. The van der Waals surface area contributed by atoms with Crippen LogP contribution in [0.4, 0.5) is 8.78 Å². The monoisotopic (exact) mass is 571 g/mol. The number of fused-ring (bicyclic) bond motifs is 6. The molecule has 2 heterocycles. The van der Waals surface area contributed by atoms with Crippen molar-refractivity contribution in [2.75, 3.05) is 13.2 Å². The molecule has 42 heavy (non-hydrogen) atoms. The van der Waals surface area contributed by atoms with Gasteiger partial charge in [0.15, 0.2) is 0 Å². The van der Waals surface area contributed by atoms with E-state index in [0.29, 0.717) is 25.0 Å². The van der Waals surface area contributed by atoms with Gasteiger partial charge in [-0.1, -0.05) is 30.4 Å². The van der Waals surface area contributed by atoms with E-state index in [1.165, 1.54) is 12.1 Å². The smallest absolute Gasteiger partial charge is 0.220 e. The van der Waals surface area contributed by atoms with Crippen LogP contribution in [0.15, 0.2) is 79.0 Å². The lowest BCUT2D eigenvalue weighted by atomic mass is 9.97. The molecule has 1 aliphatic carbocycles. The van der Waals surface area contributed by atoms with Crippen LogP contribution in [0, 0.1) is 11.6 Å². The minimum absolute atomic E-state index is 0.0876. The molecule has 0 spiro atoms. The molecule has 218 valence electrons. The zero-order chi connectivity index (χ0) is 29.1. The van der Waals surface area contributed by atoms with Crippen LogP contribution in [-0.2, 0) is 16.0 Å². The Balaban J connectivity index is 1.27. The number of rotatable bonds is 3. The van der Waals surface area contributed by atoms with Crippen molar-refractivity contribution >= 4 is 16.8 Å². The minimum atomic E-state index is -0.990. The normalized spacial score (nSPS) is 24.3. The van der Waals surface area contributed by atoms with Gasteiger partial charge >= 0.3 is 0 Å². The SMILES string of the molecule is O=C1CCC/C=C/CO[C@@H]2C[C@H](NC[C@@H](O)[C@H](Cc3cc(F)cc(F)c3)N1)c1cc(-c3ccc4[nH]ccc4c3)ccc12. The maximum Gasteiger partial charge on any atom is 0.220 e. The molecule has 4 atom stereocenters. The van der Waals surface area contributed by atoms with Gasteiger partial charge in [-0.3, -0.25) is 4.79 Å². The van der Waals surface area contributed by atoms with Crippen molar-refractivity contribution in [3.05, 3.63) is 107 Å². The molecule has 1 aliphatic heterocycles. The average Bonchev–Trinajstić information content (AvgIpc) is 3.58. The first kappa shape index (κ1) is 28.3. The van der Waals surface area contributed by atoms with E-state index >= 15 is 0 Å². The number of amides is 1. The molecule has 8 heteroatoms. The number of β-amino-alcohol motifs (C(OH)–C–C–N with tert-alkyl or cyclic N) is 1. The van der Waals surface area contributed by atoms with Gasteiger partial charge in [0.05, 0.1) is 24.9 Å². The number of allylic oxidation sites excluding steroid dienone is 1. The molecule has 1 amide bonds. The molecule has 6 rings (SSSR count). The highest BCUT2D eigenvalue weighted by atomic mass is 19.1. The minimum Gasteiger partial charge on any atom is -0.390 e. The summed E-state index contributed by atoms with van der Waals surface area (Å²) in [5, 5.41) is 18.8. The Morgan fingerprint density at radius 3 is 2.60 bits per heavy atom. The second kappa shape index (κ2) is 12.6. The topological polar surface area (TPSA) is 86.4 Å².